The summed E-state index contributed by atoms with van der Waals surface area (Å²) in [4.78, 5) is 19.0. The van der Waals surface area contributed by atoms with E-state index in [1.54, 1.807) is 0 Å². The van der Waals surface area contributed by atoms with Crippen LogP contribution in [0.2, 0.25) is 0 Å². The SMILES string of the molecule is CN(C)Cc1nc2ccccc2n1CC(=O)NCC1CCCO1. The maximum absolute atomic E-state index is 12.3. The fourth-order valence-corrected chi connectivity index (χ4v) is 2.94. The molecule has 1 aromatic heterocycles. The van der Waals surface area contributed by atoms with Gasteiger partial charge in [0.15, 0.2) is 0 Å². The van der Waals surface area contributed by atoms with E-state index in [0.717, 1.165) is 36.3 Å². The molecule has 3 rings (SSSR count). The largest absolute Gasteiger partial charge is 0.376 e. The van der Waals surface area contributed by atoms with Crippen LogP contribution in [0.3, 0.4) is 0 Å². The Morgan fingerprint density at radius 3 is 3.00 bits per heavy atom. The first-order valence-electron chi connectivity index (χ1n) is 8.10. The van der Waals surface area contributed by atoms with E-state index in [-0.39, 0.29) is 18.6 Å². The van der Waals surface area contributed by atoms with Gasteiger partial charge in [-0.1, -0.05) is 12.1 Å². The van der Waals surface area contributed by atoms with Crippen molar-refractivity contribution in [3.63, 3.8) is 0 Å². The van der Waals surface area contributed by atoms with E-state index in [4.69, 9.17) is 4.74 Å². The number of nitrogens with one attached hydrogen (secondary N) is 1. The monoisotopic (exact) mass is 316 g/mol. The van der Waals surface area contributed by atoms with Gasteiger partial charge in [-0.25, -0.2) is 4.98 Å². The zero-order chi connectivity index (χ0) is 16.2. The van der Waals surface area contributed by atoms with Crippen LogP contribution in [-0.2, 0) is 22.6 Å². The minimum absolute atomic E-state index is 0.00339. The Kier molecular flexibility index (Phi) is 4.93. The van der Waals surface area contributed by atoms with Crippen LogP contribution in [0.5, 0.6) is 0 Å². The molecule has 2 heterocycles. The molecule has 0 radical (unpaired) electrons. The molecule has 6 heteroatoms. The second-order valence-corrected chi connectivity index (χ2v) is 6.28. The Bertz CT molecular complexity index is 674. The number of carbonyl (C=O) groups excluding carboxylic acids is 1. The molecule has 1 unspecified atom stereocenters. The molecule has 1 atom stereocenters. The van der Waals surface area contributed by atoms with Gasteiger partial charge in [-0.2, -0.15) is 0 Å². The maximum Gasteiger partial charge on any atom is 0.240 e. The van der Waals surface area contributed by atoms with Gasteiger partial charge in [-0.3, -0.25) is 4.79 Å². The molecule has 1 saturated heterocycles. The topological polar surface area (TPSA) is 59.4 Å². The molecule has 6 nitrogen and oxygen atoms in total. The predicted molar refractivity (Wildman–Crippen MR) is 89.1 cm³/mol. The van der Waals surface area contributed by atoms with Gasteiger partial charge in [0.1, 0.15) is 12.4 Å². The number of amides is 1. The van der Waals surface area contributed by atoms with E-state index in [0.29, 0.717) is 13.1 Å². The molecule has 0 bridgehead atoms. The highest BCUT2D eigenvalue weighted by atomic mass is 16.5. The van der Waals surface area contributed by atoms with E-state index in [9.17, 15) is 4.79 Å². The summed E-state index contributed by atoms with van der Waals surface area (Å²) in [5, 5.41) is 2.98. The van der Waals surface area contributed by atoms with Crippen molar-refractivity contribution in [2.24, 2.45) is 0 Å². The number of hydrogen-bond acceptors (Lipinski definition) is 4. The van der Waals surface area contributed by atoms with Gasteiger partial charge >= 0.3 is 0 Å². The van der Waals surface area contributed by atoms with Gasteiger partial charge in [-0.05, 0) is 39.1 Å². The second kappa shape index (κ2) is 7.10. The van der Waals surface area contributed by atoms with E-state index < -0.39 is 0 Å². The molecule has 0 saturated carbocycles. The van der Waals surface area contributed by atoms with Gasteiger partial charge in [0.2, 0.25) is 5.91 Å². The van der Waals surface area contributed by atoms with Crippen LogP contribution >= 0.6 is 0 Å². The third kappa shape index (κ3) is 3.89. The lowest BCUT2D eigenvalue weighted by atomic mass is 10.2. The number of fused-ring (bicyclic) bond motifs is 1. The van der Waals surface area contributed by atoms with Crippen molar-refractivity contribution < 1.29 is 9.53 Å². The van der Waals surface area contributed by atoms with E-state index in [2.05, 4.69) is 15.2 Å². The highest BCUT2D eigenvalue weighted by molar-refractivity contribution is 5.81. The van der Waals surface area contributed by atoms with E-state index >= 15 is 0 Å². The molecule has 124 valence electrons. The number of hydrogen-bond donors (Lipinski definition) is 1. The van der Waals surface area contributed by atoms with E-state index in [1.807, 2.05) is 42.9 Å². The van der Waals surface area contributed by atoms with Gasteiger partial charge < -0.3 is 19.5 Å². The molecule has 0 aliphatic carbocycles. The van der Waals surface area contributed by atoms with Gasteiger partial charge in [0.25, 0.3) is 0 Å². The average Bonchev–Trinajstić information content (AvgIpc) is 3.14. The number of rotatable bonds is 6. The number of nitrogens with zero attached hydrogens (tertiary/aromatic N) is 3. The third-order valence-corrected chi connectivity index (χ3v) is 4.04. The summed E-state index contributed by atoms with van der Waals surface area (Å²) in [6.07, 6.45) is 2.28. The normalized spacial score (nSPS) is 18.0. The van der Waals surface area contributed by atoms with Gasteiger partial charge in [0, 0.05) is 13.2 Å². The van der Waals surface area contributed by atoms with Crippen molar-refractivity contribution >= 4 is 16.9 Å². The Labute approximate surface area is 136 Å². The molecule has 1 N–H and O–H groups in total. The lowest BCUT2D eigenvalue weighted by Crippen LogP contribution is -2.34. The summed E-state index contributed by atoms with van der Waals surface area (Å²) in [7, 11) is 4.00. The molecular weight excluding hydrogens is 292 g/mol. The molecular formula is C17H24N4O2. The van der Waals surface area contributed by atoms with Crippen molar-refractivity contribution in [3.05, 3.63) is 30.1 Å². The molecule has 2 aromatic rings. The van der Waals surface area contributed by atoms with Crippen molar-refractivity contribution in [1.82, 2.24) is 19.8 Å². The Morgan fingerprint density at radius 1 is 1.43 bits per heavy atom. The molecule has 0 spiro atoms. The number of ether oxygens (including phenoxy) is 1. The van der Waals surface area contributed by atoms with Crippen molar-refractivity contribution in [1.29, 1.82) is 0 Å². The van der Waals surface area contributed by atoms with Crippen LogP contribution in [0.4, 0.5) is 0 Å². The lowest BCUT2D eigenvalue weighted by molar-refractivity contribution is -0.122. The molecule has 1 aliphatic heterocycles. The van der Waals surface area contributed by atoms with Crippen LogP contribution in [-0.4, -0.2) is 53.7 Å². The van der Waals surface area contributed by atoms with Crippen LogP contribution in [0.25, 0.3) is 11.0 Å². The third-order valence-electron chi connectivity index (χ3n) is 4.04. The lowest BCUT2D eigenvalue weighted by Gasteiger charge is -2.14. The van der Waals surface area contributed by atoms with E-state index in [1.165, 1.54) is 0 Å². The van der Waals surface area contributed by atoms with Gasteiger partial charge in [-0.15, -0.1) is 0 Å². The average molecular weight is 316 g/mol. The van der Waals surface area contributed by atoms with Crippen LogP contribution in [0.15, 0.2) is 24.3 Å². The van der Waals surface area contributed by atoms with Gasteiger partial charge in [0.05, 0.1) is 23.7 Å². The molecule has 1 amide bonds. The summed E-state index contributed by atoms with van der Waals surface area (Å²) in [6, 6.07) is 7.94. The smallest absolute Gasteiger partial charge is 0.240 e. The van der Waals surface area contributed by atoms with Crippen LogP contribution < -0.4 is 5.32 Å². The number of aromatic nitrogens is 2. The molecule has 1 aliphatic rings. The second-order valence-electron chi connectivity index (χ2n) is 6.28. The fourth-order valence-electron chi connectivity index (χ4n) is 2.94. The van der Waals surface area contributed by atoms with Crippen LogP contribution in [0, 0.1) is 0 Å². The summed E-state index contributed by atoms with van der Waals surface area (Å²) >= 11 is 0. The zero-order valence-corrected chi connectivity index (χ0v) is 13.8. The van der Waals surface area contributed by atoms with Crippen molar-refractivity contribution in [2.75, 3.05) is 27.2 Å². The summed E-state index contributed by atoms with van der Waals surface area (Å²) in [5.74, 6) is 0.909. The quantitative estimate of drug-likeness (QED) is 0.875. The van der Waals surface area contributed by atoms with Crippen molar-refractivity contribution in [3.8, 4) is 0 Å². The zero-order valence-electron chi connectivity index (χ0n) is 13.8. The highest BCUT2D eigenvalue weighted by Gasteiger charge is 2.18. The summed E-state index contributed by atoms with van der Waals surface area (Å²) in [5.41, 5.74) is 1.92. The number of carbonyl (C=O) groups is 1. The van der Waals surface area contributed by atoms with Crippen molar-refractivity contribution in [2.45, 2.75) is 32.0 Å². The summed E-state index contributed by atoms with van der Waals surface area (Å²) < 4.78 is 7.54. The first kappa shape index (κ1) is 16.0. The molecule has 23 heavy (non-hydrogen) atoms. The standard InChI is InChI=1S/C17H24N4O2/c1-20(2)11-16-19-14-7-3-4-8-15(14)21(16)12-17(22)18-10-13-6-5-9-23-13/h3-4,7-8,13H,5-6,9-12H2,1-2H3,(H,18,22). The number of para-hydroxylation sites is 2. The Hall–Kier alpha value is -1.92. The minimum atomic E-state index is 0.00339. The Balaban J connectivity index is 1.73. The Morgan fingerprint density at radius 2 is 2.26 bits per heavy atom. The molecule has 1 aromatic carbocycles. The predicted octanol–water partition coefficient (Wildman–Crippen LogP) is 1.39. The highest BCUT2D eigenvalue weighted by Crippen LogP contribution is 2.17. The number of imidazole rings is 1. The first-order valence-corrected chi connectivity index (χ1v) is 8.10. The molecule has 1 fully saturated rings. The first-order chi connectivity index (χ1) is 11.1. The summed E-state index contributed by atoms with van der Waals surface area (Å²) in [6.45, 7) is 2.39. The van der Waals surface area contributed by atoms with Crippen LogP contribution in [0.1, 0.15) is 18.7 Å². The maximum atomic E-state index is 12.3. The fraction of sp³-hybridized carbons (Fsp3) is 0.529. The minimum Gasteiger partial charge on any atom is -0.376 e. The number of benzene rings is 1.